The maximum absolute atomic E-state index is 12.8. The number of carbonyl (C=O) groups excluding carboxylic acids is 1. The molecule has 1 amide bonds. The normalized spacial score (nSPS) is 14.3. The van der Waals surface area contributed by atoms with Crippen LogP contribution in [0.15, 0.2) is 35.1 Å². The fourth-order valence-electron chi connectivity index (χ4n) is 3.89. The first-order valence-corrected chi connectivity index (χ1v) is 9.40. The predicted octanol–water partition coefficient (Wildman–Crippen LogP) is 2.73. The summed E-state index contributed by atoms with van der Waals surface area (Å²) in [6.07, 6.45) is 2.06. The van der Waals surface area contributed by atoms with Gasteiger partial charge in [0, 0.05) is 24.5 Å². The number of pyridine rings is 1. The van der Waals surface area contributed by atoms with E-state index in [9.17, 15) is 9.59 Å². The van der Waals surface area contributed by atoms with E-state index in [0.29, 0.717) is 5.65 Å². The number of likely N-dealkylation sites (tertiary alicyclic amines) is 1. The molecule has 0 N–H and O–H groups in total. The van der Waals surface area contributed by atoms with Crippen molar-refractivity contribution in [3.05, 3.63) is 57.5 Å². The summed E-state index contributed by atoms with van der Waals surface area (Å²) in [4.78, 5) is 27.4. The van der Waals surface area contributed by atoms with Gasteiger partial charge in [-0.2, -0.15) is 5.10 Å². The van der Waals surface area contributed by atoms with Crippen molar-refractivity contribution in [2.75, 3.05) is 13.1 Å². The Hall–Kier alpha value is -2.89. The monoisotopic (exact) mass is 364 g/mol. The van der Waals surface area contributed by atoms with Crippen molar-refractivity contribution in [3.63, 3.8) is 0 Å². The second-order valence-electron chi connectivity index (χ2n) is 7.37. The maximum Gasteiger partial charge on any atom is 0.252 e. The quantitative estimate of drug-likeness (QED) is 0.718. The van der Waals surface area contributed by atoms with Crippen molar-refractivity contribution in [2.45, 2.75) is 40.2 Å². The fourth-order valence-corrected chi connectivity index (χ4v) is 3.89. The molecule has 3 heterocycles. The predicted molar refractivity (Wildman–Crippen MR) is 105 cm³/mol. The maximum atomic E-state index is 12.8. The number of rotatable bonds is 3. The van der Waals surface area contributed by atoms with Crippen LogP contribution in [0, 0.1) is 20.8 Å². The minimum atomic E-state index is -0.166. The summed E-state index contributed by atoms with van der Waals surface area (Å²) in [5.41, 5.74) is 4.30. The molecule has 0 saturated carbocycles. The van der Waals surface area contributed by atoms with Crippen LogP contribution >= 0.6 is 0 Å². The van der Waals surface area contributed by atoms with Crippen molar-refractivity contribution < 1.29 is 4.79 Å². The van der Waals surface area contributed by atoms with E-state index in [1.54, 1.807) is 15.3 Å². The van der Waals surface area contributed by atoms with Crippen LogP contribution in [0.2, 0.25) is 0 Å². The minimum Gasteiger partial charge on any atom is -0.341 e. The van der Waals surface area contributed by atoms with E-state index >= 15 is 0 Å². The van der Waals surface area contributed by atoms with Gasteiger partial charge in [0.15, 0.2) is 0 Å². The minimum absolute atomic E-state index is 0.00550. The highest BCUT2D eigenvalue weighted by molar-refractivity contribution is 5.85. The van der Waals surface area contributed by atoms with E-state index in [-0.39, 0.29) is 18.0 Å². The van der Waals surface area contributed by atoms with Crippen LogP contribution in [0.1, 0.15) is 29.7 Å². The Bertz CT molecular complexity index is 1070. The Labute approximate surface area is 158 Å². The second kappa shape index (κ2) is 6.68. The van der Waals surface area contributed by atoms with Crippen LogP contribution in [0.25, 0.3) is 16.7 Å². The van der Waals surface area contributed by atoms with Gasteiger partial charge in [0.25, 0.3) is 5.56 Å². The summed E-state index contributed by atoms with van der Waals surface area (Å²) in [6, 6.07) is 9.62. The molecule has 0 bridgehead atoms. The Morgan fingerprint density at radius 2 is 1.74 bits per heavy atom. The molecule has 0 spiro atoms. The molecule has 4 rings (SSSR count). The number of hydrogen-bond acceptors (Lipinski definition) is 3. The van der Waals surface area contributed by atoms with Crippen molar-refractivity contribution in [2.24, 2.45) is 0 Å². The number of amides is 1. The Kier molecular flexibility index (Phi) is 4.34. The van der Waals surface area contributed by atoms with Crippen molar-refractivity contribution >= 4 is 16.9 Å². The highest BCUT2D eigenvalue weighted by atomic mass is 16.2. The number of nitrogens with zero attached hydrogens (tertiary/aromatic N) is 4. The summed E-state index contributed by atoms with van der Waals surface area (Å²) in [5.74, 6) is -0.00550. The molecular formula is C21H24N4O2. The topological polar surface area (TPSA) is 60.1 Å². The lowest BCUT2D eigenvalue weighted by Gasteiger charge is -2.17. The molecule has 1 aliphatic heterocycles. The van der Waals surface area contributed by atoms with Gasteiger partial charge in [-0.25, -0.2) is 4.68 Å². The third-order valence-corrected chi connectivity index (χ3v) is 5.32. The van der Waals surface area contributed by atoms with E-state index in [2.05, 4.69) is 5.10 Å². The van der Waals surface area contributed by atoms with Crippen molar-refractivity contribution in [3.8, 4) is 5.69 Å². The fraction of sp³-hybridized carbons (Fsp3) is 0.381. The van der Waals surface area contributed by atoms with Gasteiger partial charge in [0.05, 0.1) is 11.4 Å². The van der Waals surface area contributed by atoms with Crippen molar-refractivity contribution in [1.82, 2.24) is 19.2 Å². The molecule has 2 aromatic heterocycles. The van der Waals surface area contributed by atoms with Crippen LogP contribution in [0.3, 0.4) is 0 Å². The number of aromatic nitrogens is 3. The summed E-state index contributed by atoms with van der Waals surface area (Å²) in [5, 5.41) is 5.62. The van der Waals surface area contributed by atoms with Crippen molar-refractivity contribution in [1.29, 1.82) is 0 Å². The molecule has 140 valence electrons. The molecule has 1 saturated heterocycles. The zero-order chi connectivity index (χ0) is 19.1. The van der Waals surface area contributed by atoms with Gasteiger partial charge in [-0.1, -0.05) is 17.7 Å². The Morgan fingerprint density at radius 1 is 1.07 bits per heavy atom. The molecule has 1 fully saturated rings. The molecule has 0 atom stereocenters. The lowest BCUT2D eigenvalue weighted by Crippen LogP contribution is -2.35. The van der Waals surface area contributed by atoms with Crippen LogP contribution in [0.5, 0.6) is 0 Å². The summed E-state index contributed by atoms with van der Waals surface area (Å²) in [7, 11) is 0. The second-order valence-corrected chi connectivity index (χ2v) is 7.37. The van der Waals surface area contributed by atoms with Gasteiger partial charge in [0.1, 0.15) is 12.2 Å². The largest absolute Gasteiger partial charge is 0.341 e. The first kappa shape index (κ1) is 17.5. The lowest BCUT2D eigenvalue weighted by molar-refractivity contribution is -0.130. The Morgan fingerprint density at radius 3 is 2.41 bits per heavy atom. The first-order chi connectivity index (χ1) is 13.0. The first-order valence-electron chi connectivity index (χ1n) is 9.40. The van der Waals surface area contributed by atoms with E-state index in [0.717, 1.165) is 53.8 Å². The standard InChI is InChI=1S/C21H24N4O2/c1-14-6-8-17(9-7-14)25-21-20(16(3)22-25)15(2)12-18(26)24(21)13-19(27)23-10-4-5-11-23/h6-9,12H,4-5,10-11,13H2,1-3H3. The van der Waals surface area contributed by atoms with Crippen LogP contribution in [-0.4, -0.2) is 38.2 Å². The zero-order valence-electron chi connectivity index (χ0n) is 16.0. The SMILES string of the molecule is Cc1ccc(-n2nc(C)c3c(C)cc(=O)n(CC(=O)N4CCCC4)c32)cc1. The number of carbonyl (C=O) groups is 1. The molecule has 0 unspecified atom stereocenters. The van der Waals surface area contributed by atoms with Crippen LogP contribution in [0.4, 0.5) is 0 Å². The summed E-state index contributed by atoms with van der Waals surface area (Å²) < 4.78 is 3.36. The van der Waals surface area contributed by atoms with Crippen LogP contribution in [-0.2, 0) is 11.3 Å². The highest BCUT2D eigenvalue weighted by Gasteiger charge is 2.22. The molecule has 27 heavy (non-hydrogen) atoms. The van der Waals surface area contributed by atoms with Gasteiger partial charge in [-0.3, -0.25) is 14.2 Å². The van der Waals surface area contributed by atoms with Gasteiger partial charge < -0.3 is 4.90 Å². The summed E-state index contributed by atoms with van der Waals surface area (Å²) in [6.45, 7) is 7.50. The third kappa shape index (κ3) is 3.05. The molecule has 0 radical (unpaired) electrons. The molecule has 6 nitrogen and oxygen atoms in total. The molecule has 1 aromatic carbocycles. The van der Waals surface area contributed by atoms with E-state index in [1.807, 2.05) is 49.9 Å². The smallest absolute Gasteiger partial charge is 0.252 e. The van der Waals surface area contributed by atoms with E-state index in [1.165, 1.54) is 0 Å². The lowest BCUT2D eigenvalue weighted by atomic mass is 10.1. The molecule has 0 aliphatic carbocycles. The highest BCUT2D eigenvalue weighted by Crippen LogP contribution is 2.24. The zero-order valence-corrected chi connectivity index (χ0v) is 16.0. The van der Waals surface area contributed by atoms with Gasteiger partial charge in [-0.05, 0) is 51.3 Å². The number of hydrogen-bond donors (Lipinski definition) is 0. The van der Waals surface area contributed by atoms with E-state index in [4.69, 9.17) is 0 Å². The molecular weight excluding hydrogens is 340 g/mol. The van der Waals surface area contributed by atoms with Gasteiger partial charge >= 0.3 is 0 Å². The van der Waals surface area contributed by atoms with Crippen LogP contribution < -0.4 is 5.56 Å². The average molecular weight is 364 g/mol. The van der Waals surface area contributed by atoms with Gasteiger partial charge in [0.2, 0.25) is 5.91 Å². The molecule has 1 aliphatic rings. The average Bonchev–Trinajstić information content (AvgIpc) is 3.27. The number of fused-ring (bicyclic) bond motifs is 1. The van der Waals surface area contributed by atoms with Gasteiger partial charge in [-0.15, -0.1) is 0 Å². The number of aryl methyl sites for hydroxylation is 3. The Balaban J connectivity index is 1.90. The molecule has 6 heteroatoms. The number of benzene rings is 1. The van der Waals surface area contributed by atoms with E-state index < -0.39 is 0 Å². The summed E-state index contributed by atoms with van der Waals surface area (Å²) >= 11 is 0. The molecule has 3 aromatic rings. The third-order valence-electron chi connectivity index (χ3n) is 5.32.